The zero-order valence-corrected chi connectivity index (χ0v) is 7.21. The first-order chi connectivity index (χ1) is 6.49. The Bertz CT molecular complexity index is 220. The molecule has 0 radical (unpaired) electrons. The van der Waals surface area contributed by atoms with Gasteiger partial charge in [0, 0.05) is 0 Å². The molecule has 14 heavy (non-hydrogen) atoms. The Morgan fingerprint density at radius 2 is 1.93 bits per heavy atom. The van der Waals surface area contributed by atoms with Gasteiger partial charge in [0.05, 0.1) is 6.61 Å². The van der Waals surface area contributed by atoms with Crippen LogP contribution in [0.25, 0.3) is 0 Å². The number of hydrogen-bond donors (Lipinski definition) is 0. The standard InChI is InChI=1S/C6H8F4N2O2/c1-2-3-14-6(13)5(12(9)10)4-11(7)8/h4H,2-3H2,1H3. The summed E-state index contributed by atoms with van der Waals surface area (Å²) in [6.45, 7) is 1.53. The normalized spacial score (nSPS) is 11.1. The van der Waals surface area contributed by atoms with Crippen molar-refractivity contribution in [1.29, 1.82) is 0 Å². The number of ether oxygens (including phenoxy) is 1. The van der Waals surface area contributed by atoms with E-state index in [1.807, 2.05) is 0 Å². The molecule has 4 nitrogen and oxygen atoms in total. The van der Waals surface area contributed by atoms with Crippen molar-refractivity contribution in [1.82, 2.24) is 10.7 Å². The smallest absolute Gasteiger partial charge is 0.362 e. The van der Waals surface area contributed by atoms with Crippen LogP contribution >= 0.6 is 0 Å². The molecule has 0 fully saturated rings. The molecule has 0 saturated carbocycles. The van der Waals surface area contributed by atoms with E-state index in [1.54, 1.807) is 6.92 Å². The zero-order valence-electron chi connectivity index (χ0n) is 7.21. The molecule has 0 unspecified atom stereocenters. The zero-order chi connectivity index (χ0) is 11.1. The van der Waals surface area contributed by atoms with Crippen LogP contribution in [0, 0.1) is 0 Å². The second-order valence-corrected chi connectivity index (χ2v) is 2.14. The van der Waals surface area contributed by atoms with Crippen LogP contribution in [0.2, 0.25) is 0 Å². The first-order valence-corrected chi connectivity index (χ1v) is 3.60. The average molecular weight is 216 g/mol. The molecule has 0 spiro atoms. The van der Waals surface area contributed by atoms with Crippen LogP contribution in [0.15, 0.2) is 11.9 Å². The van der Waals surface area contributed by atoms with Crippen LogP contribution in [-0.2, 0) is 9.53 Å². The van der Waals surface area contributed by atoms with E-state index in [2.05, 4.69) is 4.74 Å². The van der Waals surface area contributed by atoms with Gasteiger partial charge < -0.3 is 4.74 Å². The van der Waals surface area contributed by atoms with E-state index >= 15 is 0 Å². The fourth-order valence-electron chi connectivity index (χ4n) is 0.526. The highest BCUT2D eigenvalue weighted by molar-refractivity contribution is 5.87. The molecule has 0 bridgehead atoms. The Hall–Kier alpha value is -1.47. The fourth-order valence-corrected chi connectivity index (χ4v) is 0.526. The molecule has 0 saturated heterocycles. The summed E-state index contributed by atoms with van der Waals surface area (Å²) in [6, 6.07) is 0. The van der Waals surface area contributed by atoms with Crippen LogP contribution in [-0.4, -0.2) is 23.3 Å². The van der Waals surface area contributed by atoms with Crippen LogP contribution < -0.4 is 0 Å². The highest BCUT2D eigenvalue weighted by atomic mass is 19.4. The molecule has 0 aromatic heterocycles. The van der Waals surface area contributed by atoms with E-state index in [4.69, 9.17) is 0 Å². The molecule has 0 aromatic carbocycles. The first kappa shape index (κ1) is 12.5. The van der Waals surface area contributed by atoms with Gasteiger partial charge in [0.25, 0.3) is 0 Å². The molecule has 0 aliphatic carbocycles. The lowest BCUT2D eigenvalue weighted by Gasteiger charge is -2.07. The summed E-state index contributed by atoms with van der Waals surface area (Å²) in [5.41, 5.74) is -1.52. The third-order valence-electron chi connectivity index (χ3n) is 1.05. The topological polar surface area (TPSA) is 32.8 Å². The van der Waals surface area contributed by atoms with Gasteiger partial charge in [-0.3, -0.25) is 0 Å². The third kappa shape index (κ3) is 4.53. The van der Waals surface area contributed by atoms with Gasteiger partial charge in [-0.05, 0) is 17.1 Å². The third-order valence-corrected chi connectivity index (χ3v) is 1.05. The van der Waals surface area contributed by atoms with Gasteiger partial charge in [0.2, 0.25) is 5.70 Å². The van der Waals surface area contributed by atoms with Gasteiger partial charge in [-0.2, -0.15) is 0 Å². The molecular weight excluding hydrogens is 208 g/mol. The molecule has 0 atom stereocenters. The average Bonchev–Trinajstić information content (AvgIpc) is 2.09. The number of hydrogen-bond acceptors (Lipinski definition) is 4. The lowest BCUT2D eigenvalue weighted by molar-refractivity contribution is -0.165. The lowest BCUT2D eigenvalue weighted by atomic mass is 10.5. The Kier molecular flexibility index (Phi) is 5.42. The molecule has 0 amide bonds. The predicted molar refractivity (Wildman–Crippen MR) is 37.4 cm³/mol. The molecule has 8 heteroatoms. The molecular formula is C6H8F4N2O2. The van der Waals surface area contributed by atoms with Gasteiger partial charge in [-0.25, -0.2) is 4.79 Å². The van der Waals surface area contributed by atoms with Crippen molar-refractivity contribution < 1.29 is 27.5 Å². The monoisotopic (exact) mass is 216 g/mol. The van der Waals surface area contributed by atoms with E-state index in [1.165, 1.54) is 0 Å². The van der Waals surface area contributed by atoms with Crippen molar-refractivity contribution in [2.24, 2.45) is 0 Å². The van der Waals surface area contributed by atoms with Crippen LogP contribution in [0.3, 0.4) is 0 Å². The van der Waals surface area contributed by atoms with E-state index < -0.39 is 22.4 Å². The minimum Gasteiger partial charge on any atom is -0.461 e. The fraction of sp³-hybridized carbons (Fsp3) is 0.500. The van der Waals surface area contributed by atoms with Crippen molar-refractivity contribution in [3.8, 4) is 0 Å². The van der Waals surface area contributed by atoms with Crippen LogP contribution in [0.1, 0.15) is 13.3 Å². The molecule has 0 rings (SSSR count). The number of halogens is 4. The minimum atomic E-state index is -1.73. The van der Waals surface area contributed by atoms with Gasteiger partial charge in [0.1, 0.15) is 6.20 Å². The maximum atomic E-state index is 11.8. The van der Waals surface area contributed by atoms with Gasteiger partial charge in [0.15, 0.2) is 0 Å². The van der Waals surface area contributed by atoms with Gasteiger partial charge >= 0.3 is 5.97 Å². The number of nitrogens with zero attached hydrogens (tertiary/aromatic N) is 2. The summed E-state index contributed by atoms with van der Waals surface area (Å²) in [4.78, 5) is 10.7. The second kappa shape index (κ2) is 6.06. The summed E-state index contributed by atoms with van der Waals surface area (Å²) >= 11 is 0. The maximum Gasteiger partial charge on any atom is 0.362 e. The molecule has 0 aliphatic rings. The van der Waals surface area contributed by atoms with Crippen LogP contribution in [0.5, 0.6) is 0 Å². The predicted octanol–water partition coefficient (Wildman–Crippen LogP) is 1.92. The van der Waals surface area contributed by atoms with Crippen molar-refractivity contribution in [3.05, 3.63) is 11.9 Å². The Balaban J connectivity index is 4.42. The summed E-state index contributed by atoms with van der Waals surface area (Å²) in [6.07, 6.45) is 0.0740. The van der Waals surface area contributed by atoms with E-state index in [0.717, 1.165) is 0 Å². The maximum absolute atomic E-state index is 11.8. The molecule has 82 valence electrons. The minimum absolute atomic E-state index is 0.109. The van der Waals surface area contributed by atoms with Crippen molar-refractivity contribution >= 4 is 5.97 Å². The number of carbonyl (C=O) groups excluding carboxylic acids is 1. The summed E-state index contributed by atoms with van der Waals surface area (Å²) in [5, 5.41) is -3.39. The van der Waals surface area contributed by atoms with Gasteiger partial charge in [-0.1, -0.05) is 24.8 Å². The SMILES string of the molecule is CCCOC(=O)C(=CN(F)F)N(F)F. The van der Waals surface area contributed by atoms with Crippen LogP contribution in [0.4, 0.5) is 17.9 Å². The van der Waals surface area contributed by atoms with E-state index in [0.29, 0.717) is 6.42 Å². The summed E-state index contributed by atoms with van der Waals surface area (Å²) in [5.74, 6) is -1.50. The number of carbonyl (C=O) groups is 1. The van der Waals surface area contributed by atoms with Crippen molar-refractivity contribution in [2.45, 2.75) is 13.3 Å². The van der Waals surface area contributed by atoms with Gasteiger partial charge in [-0.15, -0.1) is 0 Å². The molecule has 0 aromatic rings. The van der Waals surface area contributed by atoms with Crippen molar-refractivity contribution in [3.63, 3.8) is 0 Å². The number of rotatable bonds is 5. The van der Waals surface area contributed by atoms with Crippen molar-refractivity contribution in [2.75, 3.05) is 6.61 Å². The Morgan fingerprint density at radius 1 is 1.36 bits per heavy atom. The first-order valence-electron chi connectivity index (χ1n) is 3.60. The summed E-state index contributed by atoms with van der Waals surface area (Å²) in [7, 11) is 0. The highest BCUT2D eigenvalue weighted by Gasteiger charge is 2.21. The largest absolute Gasteiger partial charge is 0.461 e. The highest BCUT2D eigenvalue weighted by Crippen LogP contribution is 2.10. The van der Waals surface area contributed by atoms with E-state index in [-0.39, 0.29) is 12.8 Å². The second-order valence-electron chi connectivity index (χ2n) is 2.14. The lowest BCUT2D eigenvalue weighted by Crippen LogP contribution is -2.18. The quantitative estimate of drug-likeness (QED) is 0.304. The number of esters is 1. The Morgan fingerprint density at radius 3 is 2.29 bits per heavy atom. The molecule has 0 aliphatic heterocycles. The van der Waals surface area contributed by atoms with E-state index in [9.17, 15) is 22.7 Å². The molecule has 0 heterocycles. The summed E-state index contributed by atoms with van der Waals surface area (Å²) < 4.78 is 50.9. The molecule has 0 N–H and O–H groups in total. The Labute approximate surface area is 77.1 Å².